The number of aryl methyl sites for hydroxylation is 1. The maximum absolute atomic E-state index is 14.1. The molecule has 1 saturated carbocycles. The van der Waals surface area contributed by atoms with Gasteiger partial charge in [0, 0.05) is 18.3 Å². The molecule has 2 bridgehead atoms. The van der Waals surface area contributed by atoms with E-state index in [-0.39, 0.29) is 23.8 Å². The summed E-state index contributed by atoms with van der Waals surface area (Å²) in [6, 6.07) is 7.00. The van der Waals surface area contributed by atoms with Gasteiger partial charge in [-0.25, -0.2) is 0 Å². The molecule has 2 aliphatic carbocycles. The van der Waals surface area contributed by atoms with Gasteiger partial charge in [0.2, 0.25) is 17.7 Å². The second-order valence-electron chi connectivity index (χ2n) is 11.8. The van der Waals surface area contributed by atoms with E-state index in [0.717, 1.165) is 50.5 Å². The molecule has 3 fully saturated rings. The van der Waals surface area contributed by atoms with Gasteiger partial charge < -0.3 is 20.3 Å². The van der Waals surface area contributed by atoms with Crippen molar-refractivity contribution in [2.45, 2.75) is 94.9 Å². The first-order valence-corrected chi connectivity index (χ1v) is 14.5. The van der Waals surface area contributed by atoms with Crippen LogP contribution in [-0.4, -0.2) is 53.0 Å². The first kappa shape index (κ1) is 25.4. The summed E-state index contributed by atoms with van der Waals surface area (Å²) in [7, 11) is 0. The first-order valence-electron chi connectivity index (χ1n) is 14.5. The van der Waals surface area contributed by atoms with Gasteiger partial charge in [0.15, 0.2) is 0 Å². The Morgan fingerprint density at radius 3 is 2.58 bits per heavy atom. The van der Waals surface area contributed by atoms with Crippen LogP contribution in [0, 0.1) is 18.8 Å². The number of hydrogen-bond acceptors (Lipinski definition) is 4. The number of likely N-dealkylation sites (tertiary alicyclic amines) is 1. The van der Waals surface area contributed by atoms with Gasteiger partial charge in [0.25, 0.3) is 0 Å². The SMILES string of the molecule is Cc1ccc(NC(=O)C2[C@@H]3C=CC4(O3)C(C(=O)NC3CCCCC3)N(CCC3=CCCCC3)C(=O)[C@H]24)cc1. The number of hydrogen-bond donors (Lipinski definition) is 2. The summed E-state index contributed by atoms with van der Waals surface area (Å²) in [4.78, 5) is 43.3. The second-order valence-corrected chi connectivity index (χ2v) is 11.8. The van der Waals surface area contributed by atoms with E-state index in [1.54, 1.807) is 4.90 Å². The lowest BCUT2D eigenvalue weighted by Gasteiger charge is -2.34. The zero-order valence-corrected chi connectivity index (χ0v) is 22.3. The highest BCUT2D eigenvalue weighted by Crippen LogP contribution is 2.55. The van der Waals surface area contributed by atoms with E-state index in [9.17, 15) is 14.4 Å². The molecule has 1 spiro atoms. The van der Waals surface area contributed by atoms with Crippen LogP contribution in [0.4, 0.5) is 5.69 Å². The third-order valence-electron chi connectivity index (χ3n) is 9.25. The topological polar surface area (TPSA) is 87.7 Å². The van der Waals surface area contributed by atoms with Crippen molar-refractivity contribution in [3.8, 4) is 0 Å². The standard InChI is InChI=1S/C31H39N3O4/c1-20-12-14-23(15-13-20)32-28(35)25-24-16-18-31(38-24)26(25)30(37)34(19-17-21-8-4-2-5-9-21)27(31)29(36)33-22-10-6-3-7-11-22/h8,12-16,18,22,24-27H,2-7,9-11,17,19H2,1H3,(H,32,35)(H,33,36)/t24-,25?,26-,27?,31?/m0/s1. The molecule has 3 unspecified atom stereocenters. The quantitative estimate of drug-likeness (QED) is 0.524. The highest BCUT2D eigenvalue weighted by atomic mass is 16.5. The average molecular weight is 518 g/mol. The summed E-state index contributed by atoms with van der Waals surface area (Å²) in [5, 5.41) is 6.27. The maximum Gasteiger partial charge on any atom is 0.246 e. The molecule has 3 amide bonds. The molecule has 0 aromatic heterocycles. The Kier molecular flexibility index (Phi) is 6.89. The number of nitrogens with zero attached hydrogens (tertiary/aromatic N) is 1. The van der Waals surface area contributed by atoms with Crippen molar-refractivity contribution < 1.29 is 19.1 Å². The van der Waals surface area contributed by atoms with Crippen LogP contribution in [0.15, 0.2) is 48.1 Å². The van der Waals surface area contributed by atoms with Crippen molar-refractivity contribution >= 4 is 23.4 Å². The van der Waals surface area contributed by atoms with Crippen molar-refractivity contribution in [1.29, 1.82) is 0 Å². The summed E-state index contributed by atoms with van der Waals surface area (Å²) in [6.07, 6.45) is 16.2. The minimum atomic E-state index is -1.10. The van der Waals surface area contributed by atoms with Gasteiger partial charge in [-0.15, -0.1) is 0 Å². The average Bonchev–Trinajstić information content (AvgIpc) is 3.57. The molecule has 1 aromatic carbocycles. The lowest BCUT2D eigenvalue weighted by atomic mass is 9.74. The maximum atomic E-state index is 14.1. The fraction of sp³-hybridized carbons (Fsp3) is 0.581. The number of benzene rings is 1. The molecular weight excluding hydrogens is 478 g/mol. The highest BCUT2D eigenvalue weighted by Gasteiger charge is 2.72. The van der Waals surface area contributed by atoms with E-state index in [0.29, 0.717) is 12.2 Å². The normalized spacial score (nSPS) is 32.3. The third kappa shape index (κ3) is 4.49. The highest BCUT2D eigenvalue weighted by molar-refractivity contribution is 6.02. The Labute approximate surface area is 225 Å². The Morgan fingerprint density at radius 2 is 1.84 bits per heavy atom. The number of fused-ring (bicyclic) bond motifs is 1. The largest absolute Gasteiger partial charge is 0.359 e. The predicted molar refractivity (Wildman–Crippen MR) is 145 cm³/mol. The summed E-state index contributed by atoms with van der Waals surface area (Å²) in [5.41, 5.74) is 2.06. The molecule has 2 N–H and O–H groups in total. The van der Waals surface area contributed by atoms with E-state index < -0.39 is 29.6 Å². The molecule has 5 aliphatic rings. The molecule has 5 atom stereocenters. The zero-order chi connectivity index (χ0) is 26.3. The monoisotopic (exact) mass is 517 g/mol. The van der Waals surface area contributed by atoms with Crippen LogP contribution in [0.5, 0.6) is 0 Å². The van der Waals surface area contributed by atoms with Gasteiger partial charge >= 0.3 is 0 Å². The molecule has 2 saturated heterocycles. The number of ether oxygens (including phenoxy) is 1. The fourth-order valence-corrected chi connectivity index (χ4v) is 7.29. The Hall–Kier alpha value is -2.93. The number of allylic oxidation sites excluding steroid dienone is 1. The van der Waals surface area contributed by atoms with Crippen molar-refractivity contribution in [3.63, 3.8) is 0 Å². The van der Waals surface area contributed by atoms with Crippen LogP contribution < -0.4 is 10.6 Å². The van der Waals surface area contributed by atoms with Crippen LogP contribution in [0.25, 0.3) is 0 Å². The van der Waals surface area contributed by atoms with Crippen LogP contribution >= 0.6 is 0 Å². The lowest BCUT2D eigenvalue weighted by molar-refractivity contribution is -0.141. The van der Waals surface area contributed by atoms with E-state index in [1.807, 2.05) is 43.3 Å². The van der Waals surface area contributed by atoms with Crippen molar-refractivity contribution in [1.82, 2.24) is 10.2 Å². The molecule has 7 heteroatoms. The number of nitrogens with one attached hydrogen (secondary N) is 2. The van der Waals surface area contributed by atoms with E-state index >= 15 is 0 Å². The lowest BCUT2D eigenvalue weighted by Crippen LogP contribution is -2.56. The molecule has 202 valence electrons. The number of carbonyl (C=O) groups is 3. The second kappa shape index (κ2) is 10.3. The molecule has 38 heavy (non-hydrogen) atoms. The smallest absolute Gasteiger partial charge is 0.246 e. The third-order valence-corrected chi connectivity index (χ3v) is 9.25. The minimum absolute atomic E-state index is 0.132. The van der Waals surface area contributed by atoms with Crippen LogP contribution in [0.3, 0.4) is 0 Å². The van der Waals surface area contributed by atoms with Gasteiger partial charge in [-0.05, 0) is 64.0 Å². The minimum Gasteiger partial charge on any atom is -0.359 e. The summed E-state index contributed by atoms with van der Waals surface area (Å²) < 4.78 is 6.48. The van der Waals surface area contributed by atoms with E-state index in [4.69, 9.17) is 4.74 Å². The summed E-state index contributed by atoms with van der Waals surface area (Å²) >= 11 is 0. The summed E-state index contributed by atoms with van der Waals surface area (Å²) in [6.45, 7) is 2.47. The zero-order valence-electron chi connectivity index (χ0n) is 22.3. The van der Waals surface area contributed by atoms with Gasteiger partial charge in [-0.3, -0.25) is 14.4 Å². The van der Waals surface area contributed by atoms with Gasteiger partial charge in [0.05, 0.1) is 17.9 Å². The molecular formula is C31H39N3O4. The van der Waals surface area contributed by atoms with Crippen LogP contribution in [-0.2, 0) is 19.1 Å². The molecule has 3 aliphatic heterocycles. The molecule has 7 nitrogen and oxygen atoms in total. The Balaban J connectivity index is 1.27. The first-order chi connectivity index (χ1) is 18.5. The van der Waals surface area contributed by atoms with E-state index in [2.05, 4.69) is 16.7 Å². The predicted octanol–water partition coefficient (Wildman–Crippen LogP) is 4.42. The Morgan fingerprint density at radius 1 is 1.05 bits per heavy atom. The Bertz CT molecular complexity index is 1150. The number of carbonyl (C=O) groups excluding carboxylic acids is 3. The number of amides is 3. The number of anilines is 1. The fourth-order valence-electron chi connectivity index (χ4n) is 7.29. The van der Waals surface area contributed by atoms with Crippen molar-refractivity contribution in [2.24, 2.45) is 11.8 Å². The molecule has 0 radical (unpaired) electrons. The molecule has 3 heterocycles. The van der Waals surface area contributed by atoms with Crippen molar-refractivity contribution in [2.75, 3.05) is 11.9 Å². The van der Waals surface area contributed by atoms with Crippen LogP contribution in [0.2, 0.25) is 0 Å². The van der Waals surface area contributed by atoms with Gasteiger partial charge in [-0.1, -0.05) is 60.8 Å². The summed E-state index contributed by atoms with van der Waals surface area (Å²) in [5.74, 6) is -1.88. The van der Waals surface area contributed by atoms with E-state index in [1.165, 1.54) is 24.8 Å². The van der Waals surface area contributed by atoms with Crippen molar-refractivity contribution in [3.05, 3.63) is 53.6 Å². The van der Waals surface area contributed by atoms with Crippen LogP contribution in [0.1, 0.15) is 69.8 Å². The molecule has 1 aromatic rings. The van der Waals surface area contributed by atoms with Gasteiger partial charge in [0.1, 0.15) is 11.6 Å². The molecule has 6 rings (SSSR count). The number of rotatable bonds is 7. The van der Waals surface area contributed by atoms with Gasteiger partial charge in [-0.2, -0.15) is 0 Å².